The fourth-order valence-electron chi connectivity index (χ4n) is 1.59. The van der Waals surface area contributed by atoms with E-state index in [1.807, 2.05) is 0 Å². The van der Waals surface area contributed by atoms with E-state index < -0.39 is 5.91 Å². The van der Waals surface area contributed by atoms with E-state index in [1.165, 1.54) is 23.1 Å². The van der Waals surface area contributed by atoms with Crippen LogP contribution >= 0.6 is 0 Å². The van der Waals surface area contributed by atoms with Crippen molar-refractivity contribution in [2.75, 3.05) is 13.1 Å². The van der Waals surface area contributed by atoms with E-state index in [0.717, 1.165) is 0 Å². The lowest BCUT2D eigenvalue weighted by Crippen LogP contribution is -2.34. The van der Waals surface area contributed by atoms with E-state index in [2.05, 4.69) is 6.07 Å². The summed E-state index contributed by atoms with van der Waals surface area (Å²) >= 11 is 0. The van der Waals surface area contributed by atoms with Crippen LogP contribution in [0.4, 0.5) is 0 Å². The first-order chi connectivity index (χ1) is 8.49. The molecule has 0 saturated carbocycles. The van der Waals surface area contributed by atoms with Crippen molar-refractivity contribution in [3.63, 3.8) is 0 Å². The van der Waals surface area contributed by atoms with Gasteiger partial charge in [0.2, 0.25) is 0 Å². The summed E-state index contributed by atoms with van der Waals surface area (Å²) in [7, 11) is 0. The first-order valence-corrected chi connectivity index (χ1v) is 5.70. The Bertz CT molecular complexity index is 480. The summed E-state index contributed by atoms with van der Waals surface area (Å²) in [5.41, 5.74) is 0.0435. The molecule has 2 N–H and O–H groups in total. The zero-order chi connectivity index (χ0) is 13.7. The second kappa shape index (κ2) is 5.92. The monoisotopic (exact) mass is 248 g/mol. The van der Waals surface area contributed by atoms with Gasteiger partial charge in [-0.1, -0.05) is 0 Å². The van der Waals surface area contributed by atoms with Crippen LogP contribution in [0.1, 0.15) is 24.2 Å². The predicted molar refractivity (Wildman–Crippen MR) is 66.1 cm³/mol. The standard InChI is InChI=1S/C13H16N2O3/c1-3-15(8-9(2)7-14)13(18)11-6-10(16)4-5-12(11)17/h4-6,9,16-17H,3,8H2,1-2H3. The highest BCUT2D eigenvalue weighted by molar-refractivity contribution is 5.97. The van der Waals surface area contributed by atoms with Crippen molar-refractivity contribution >= 4 is 5.91 Å². The third-order valence-electron chi connectivity index (χ3n) is 2.59. The molecular weight excluding hydrogens is 232 g/mol. The molecule has 5 heteroatoms. The molecule has 0 fully saturated rings. The molecule has 0 aromatic heterocycles. The van der Waals surface area contributed by atoms with Gasteiger partial charge in [0.05, 0.1) is 17.6 Å². The Labute approximate surface area is 106 Å². The number of nitriles is 1. The zero-order valence-corrected chi connectivity index (χ0v) is 10.4. The van der Waals surface area contributed by atoms with Gasteiger partial charge in [0, 0.05) is 13.1 Å². The molecule has 0 spiro atoms. The van der Waals surface area contributed by atoms with Crippen LogP contribution in [-0.4, -0.2) is 34.1 Å². The van der Waals surface area contributed by atoms with Crippen LogP contribution in [0.2, 0.25) is 0 Å². The molecule has 1 unspecified atom stereocenters. The minimum Gasteiger partial charge on any atom is -0.508 e. The molecular formula is C13H16N2O3. The van der Waals surface area contributed by atoms with Crippen molar-refractivity contribution in [2.45, 2.75) is 13.8 Å². The molecule has 1 atom stereocenters. The third kappa shape index (κ3) is 3.14. The average Bonchev–Trinajstić information content (AvgIpc) is 2.37. The maximum absolute atomic E-state index is 12.1. The van der Waals surface area contributed by atoms with Crippen LogP contribution in [0.3, 0.4) is 0 Å². The number of phenolic OH excluding ortho intramolecular Hbond substituents is 2. The van der Waals surface area contributed by atoms with E-state index >= 15 is 0 Å². The molecule has 1 rings (SSSR count). The molecule has 1 aromatic carbocycles. The third-order valence-corrected chi connectivity index (χ3v) is 2.59. The zero-order valence-electron chi connectivity index (χ0n) is 10.4. The topological polar surface area (TPSA) is 84.6 Å². The summed E-state index contributed by atoms with van der Waals surface area (Å²) in [6.07, 6.45) is 0. The highest BCUT2D eigenvalue weighted by Gasteiger charge is 2.19. The second-order valence-corrected chi connectivity index (χ2v) is 4.08. The lowest BCUT2D eigenvalue weighted by molar-refractivity contribution is 0.0749. The van der Waals surface area contributed by atoms with Crippen LogP contribution in [0.15, 0.2) is 18.2 Å². The lowest BCUT2D eigenvalue weighted by atomic mass is 10.1. The maximum Gasteiger partial charge on any atom is 0.257 e. The van der Waals surface area contributed by atoms with Gasteiger partial charge in [-0.3, -0.25) is 4.79 Å². The van der Waals surface area contributed by atoms with E-state index in [1.54, 1.807) is 13.8 Å². The number of carbonyl (C=O) groups is 1. The lowest BCUT2D eigenvalue weighted by Gasteiger charge is -2.22. The summed E-state index contributed by atoms with van der Waals surface area (Å²) in [6, 6.07) is 5.85. The number of nitrogens with zero attached hydrogens (tertiary/aromatic N) is 2. The Hall–Kier alpha value is -2.22. The van der Waals surface area contributed by atoms with Gasteiger partial charge in [-0.15, -0.1) is 0 Å². The maximum atomic E-state index is 12.1. The minimum absolute atomic E-state index is 0.0435. The van der Waals surface area contributed by atoms with Gasteiger partial charge in [0.1, 0.15) is 11.5 Å². The van der Waals surface area contributed by atoms with Gasteiger partial charge >= 0.3 is 0 Å². The van der Waals surface area contributed by atoms with Crippen molar-refractivity contribution in [3.05, 3.63) is 23.8 Å². The Morgan fingerprint density at radius 1 is 1.50 bits per heavy atom. The Morgan fingerprint density at radius 3 is 2.72 bits per heavy atom. The first kappa shape index (κ1) is 13.8. The number of phenols is 2. The van der Waals surface area contributed by atoms with E-state index in [9.17, 15) is 15.0 Å². The van der Waals surface area contributed by atoms with Gasteiger partial charge in [0.25, 0.3) is 5.91 Å². The molecule has 0 aliphatic heterocycles. The molecule has 1 amide bonds. The van der Waals surface area contributed by atoms with Crippen LogP contribution in [0, 0.1) is 17.2 Å². The van der Waals surface area contributed by atoms with E-state index in [-0.39, 0.29) is 23.0 Å². The molecule has 0 aliphatic rings. The number of hydrogen-bond acceptors (Lipinski definition) is 4. The molecule has 5 nitrogen and oxygen atoms in total. The molecule has 0 heterocycles. The Morgan fingerprint density at radius 2 is 2.17 bits per heavy atom. The molecule has 0 aliphatic carbocycles. The minimum atomic E-state index is -0.395. The second-order valence-electron chi connectivity index (χ2n) is 4.08. The molecule has 1 aromatic rings. The number of amides is 1. The van der Waals surface area contributed by atoms with Crippen molar-refractivity contribution < 1.29 is 15.0 Å². The van der Waals surface area contributed by atoms with Crippen LogP contribution < -0.4 is 0 Å². The molecule has 0 bridgehead atoms. The predicted octanol–water partition coefficient (Wildman–Crippen LogP) is 1.72. The van der Waals surface area contributed by atoms with Gasteiger partial charge in [-0.05, 0) is 32.0 Å². The number of rotatable bonds is 4. The average molecular weight is 248 g/mol. The summed E-state index contributed by atoms with van der Waals surface area (Å²) in [5, 5.41) is 27.7. The number of hydrogen-bond donors (Lipinski definition) is 2. The number of aromatic hydroxyl groups is 2. The van der Waals surface area contributed by atoms with Crippen molar-refractivity contribution in [3.8, 4) is 17.6 Å². The van der Waals surface area contributed by atoms with Gasteiger partial charge in [-0.25, -0.2) is 0 Å². The van der Waals surface area contributed by atoms with E-state index in [0.29, 0.717) is 13.1 Å². The van der Waals surface area contributed by atoms with Crippen molar-refractivity contribution in [1.82, 2.24) is 4.90 Å². The van der Waals surface area contributed by atoms with Crippen molar-refractivity contribution in [1.29, 1.82) is 5.26 Å². The highest BCUT2D eigenvalue weighted by atomic mass is 16.3. The fraction of sp³-hybridized carbons (Fsp3) is 0.385. The Kier molecular flexibility index (Phi) is 4.55. The van der Waals surface area contributed by atoms with Crippen LogP contribution in [-0.2, 0) is 0 Å². The van der Waals surface area contributed by atoms with Gasteiger partial charge in [-0.2, -0.15) is 5.26 Å². The van der Waals surface area contributed by atoms with Crippen molar-refractivity contribution in [2.24, 2.45) is 5.92 Å². The molecule has 18 heavy (non-hydrogen) atoms. The molecule has 0 radical (unpaired) electrons. The number of carbonyl (C=O) groups excluding carboxylic acids is 1. The van der Waals surface area contributed by atoms with Crippen LogP contribution in [0.5, 0.6) is 11.5 Å². The summed E-state index contributed by atoms with van der Waals surface area (Å²) in [5.74, 6) is -0.942. The fourth-order valence-corrected chi connectivity index (χ4v) is 1.59. The molecule has 96 valence electrons. The number of benzene rings is 1. The van der Waals surface area contributed by atoms with Gasteiger partial charge < -0.3 is 15.1 Å². The summed E-state index contributed by atoms with van der Waals surface area (Å²) in [6.45, 7) is 4.24. The first-order valence-electron chi connectivity index (χ1n) is 5.70. The van der Waals surface area contributed by atoms with Crippen LogP contribution in [0.25, 0.3) is 0 Å². The summed E-state index contributed by atoms with van der Waals surface area (Å²) in [4.78, 5) is 13.6. The largest absolute Gasteiger partial charge is 0.508 e. The summed E-state index contributed by atoms with van der Waals surface area (Å²) < 4.78 is 0. The smallest absolute Gasteiger partial charge is 0.257 e. The highest BCUT2D eigenvalue weighted by Crippen LogP contribution is 2.23. The van der Waals surface area contributed by atoms with E-state index in [4.69, 9.17) is 5.26 Å². The SMILES string of the molecule is CCN(CC(C)C#N)C(=O)c1cc(O)ccc1O. The molecule has 0 saturated heterocycles. The normalized spacial score (nSPS) is 11.6. The quantitative estimate of drug-likeness (QED) is 0.794. The Balaban J connectivity index is 2.97. The van der Waals surface area contributed by atoms with Gasteiger partial charge in [0.15, 0.2) is 0 Å².